The van der Waals surface area contributed by atoms with Gasteiger partial charge in [0.25, 0.3) is 0 Å². The minimum absolute atomic E-state index is 0.0242. The quantitative estimate of drug-likeness (QED) is 0.862. The monoisotopic (exact) mass is 246 g/mol. The molecule has 0 saturated heterocycles. The second kappa shape index (κ2) is 5.35. The summed E-state index contributed by atoms with van der Waals surface area (Å²) in [6.07, 6.45) is -0.578. The van der Waals surface area contributed by atoms with Crippen LogP contribution in [-0.4, -0.2) is 5.11 Å². The van der Waals surface area contributed by atoms with E-state index in [2.05, 4.69) is 0 Å². The zero-order valence-electron chi connectivity index (χ0n) is 9.68. The van der Waals surface area contributed by atoms with Crippen molar-refractivity contribution in [3.63, 3.8) is 0 Å². The van der Waals surface area contributed by atoms with Crippen LogP contribution < -0.4 is 0 Å². The number of aliphatic hydroxyl groups excluding tert-OH is 1. The summed E-state index contributed by atoms with van der Waals surface area (Å²) in [7, 11) is 0. The lowest BCUT2D eigenvalue weighted by molar-refractivity contribution is 0.152. The number of rotatable bonds is 3. The Labute approximate surface area is 107 Å². The van der Waals surface area contributed by atoms with Crippen LogP contribution in [0, 0.1) is 0 Å². The van der Waals surface area contributed by atoms with Gasteiger partial charge in [0.2, 0.25) is 0 Å². The summed E-state index contributed by atoms with van der Waals surface area (Å²) >= 11 is 6.09. The summed E-state index contributed by atoms with van der Waals surface area (Å²) in [4.78, 5) is 0. The molecule has 2 rings (SSSR count). The van der Waals surface area contributed by atoms with Gasteiger partial charge in [-0.2, -0.15) is 0 Å². The van der Waals surface area contributed by atoms with Crippen LogP contribution in [-0.2, 0) is 0 Å². The highest BCUT2D eigenvalue weighted by Crippen LogP contribution is 2.33. The van der Waals surface area contributed by atoms with E-state index in [1.54, 1.807) is 6.07 Å². The Hall–Kier alpha value is -1.31. The Bertz CT molecular complexity index is 481. The lowest BCUT2D eigenvalue weighted by Crippen LogP contribution is -2.08. The maximum absolute atomic E-state index is 10.3. The minimum atomic E-state index is -0.578. The molecule has 1 N–H and O–H groups in total. The average Bonchev–Trinajstić information content (AvgIpc) is 2.39. The first-order chi connectivity index (χ1) is 8.20. The summed E-state index contributed by atoms with van der Waals surface area (Å²) in [5.74, 6) is 0.0242. The van der Waals surface area contributed by atoms with Gasteiger partial charge in [0.15, 0.2) is 0 Å². The summed E-state index contributed by atoms with van der Waals surface area (Å²) in [5, 5.41) is 11.0. The zero-order chi connectivity index (χ0) is 12.3. The summed E-state index contributed by atoms with van der Waals surface area (Å²) < 4.78 is 0. The van der Waals surface area contributed by atoms with E-state index in [1.807, 2.05) is 55.5 Å². The number of halogens is 1. The molecule has 0 aromatic heterocycles. The van der Waals surface area contributed by atoms with E-state index in [1.165, 1.54) is 0 Å². The molecule has 0 saturated carbocycles. The second-order valence-electron chi connectivity index (χ2n) is 4.17. The fraction of sp³-hybridized carbons (Fsp3) is 0.200. The van der Waals surface area contributed by atoms with Crippen molar-refractivity contribution in [2.75, 3.05) is 0 Å². The third-order valence-electron chi connectivity index (χ3n) is 3.02. The number of hydrogen-bond donors (Lipinski definition) is 1. The van der Waals surface area contributed by atoms with Crippen LogP contribution in [0.15, 0.2) is 54.6 Å². The minimum Gasteiger partial charge on any atom is -0.388 e. The van der Waals surface area contributed by atoms with Crippen LogP contribution in [0.4, 0.5) is 0 Å². The maximum atomic E-state index is 10.3. The molecule has 2 heteroatoms. The van der Waals surface area contributed by atoms with Crippen molar-refractivity contribution in [3.05, 3.63) is 70.7 Å². The van der Waals surface area contributed by atoms with Crippen LogP contribution in [0.2, 0.25) is 5.02 Å². The molecule has 0 bridgehead atoms. The van der Waals surface area contributed by atoms with Gasteiger partial charge < -0.3 is 5.11 Å². The summed E-state index contributed by atoms with van der Waals surface area (Å²) in [6.45, 7) is 2.00. The molecule has 0 fully saturated rings. The summed E-state index contributed by atoms with van der Waals surface area (Å²) in [5.41, 5.74) is 1.89. The van der Waals surface area contributed by atoms with E-state index in [4.69, 9.17) is 11.6 Å². The molecule has 0 aliphatic heterocycles. The van der Waals surface area contributed by atoms with Gasteiger partial charge in [-0.15, -0.1) is 0 Å². The normalized spacial score (nSPS) is 14.3. The van der Waals surface area contributed by atoms with Crippen LogP contribution in [0.1, 0.15) is 30.1 Å². The molecule has 0 amide bonds. The van der Waals surface area contributed by atoms with Crippen molar-refractivity contribution in [2.24, 2.45) is 0 Å². The molecule has 0 unspecified atom stereocenters. The van der Waals surface area contributed by atoms with Crippen molar-refractivity contribution in [1.29, 1.82) is 0 Å². The van der Waals surface area contributed by atoms with Crippen LogP contribution in [0.5, 0.6) is 0 Å². The van der Waals surface area contributed by atoms with E-state index >= 15 is 0 Å². The SMILES string of the molecule is C[C@@H](c1ccccc1)[C@@H](O)c1ccccc1Cl. The van der Waals surface area contributed by atoms with Gasteiger partial charge in [-0.1, -0.05) is 67.1 Å². The highest BCUT2D eigenvalue weighted by Gasteiger charge is 2.19. The van der Waals surface area contributed by atoms with Gasteiger partial charge in [-0.3, -0.25) is 0 Å². The van der Waals surface area contributed by atoms with Crippen LogP contribution in [0.3, 0.4) is 0 Å². The second-order valence-corrected chi connectivity index (χ2v) is 4.57. The molecule has 88 valence electrons. The average molecular weight is 247 g/mol. The molecule has 0 spiro atoms. The van der Waals surface area contributed by atoms with Crippen molar-refractivity contribution < 1.29 is 5.11 Å². The van der Waals surface area contributed by atoms with Gasteiger partial charge in [0.1, 0.15) is 0 Å². The van der Waals surface area contributed by atoms with E-state index in [0.29, 0.717) is 5.02 Å². The Kier molecular flexibility index (Phi) is 3.82. The molecule has 1 nitrogen and oxygen atoms in total. The third kappa shape index (κ3) is 2.68. The fourth-order valence-corrected chi connectivity index (χ4v) is 2.17. The van der Waals surface area contributed by atoms with Crippen molar-refractivity contribution in [3.8, 4) is 0 Å². The van der Waals surface area contributed by atoms with Crippen molar-refractivity contribution in [2.45, 2.75) is 18.9 Å². The highest BCUT2D eigenvalue weighted by molar-refractivity contribution is 6.31. The topological polar surface area (TPSA) is 20.2 Å². The van der Waals surface area contributed by atoms with Gasteiger partial charge in [0.05, 0.1) is 6.10 Å². The van der Waals surface area contributed by atoms with E-state index in [9.17, 15) is 5.11 Å². The standard InChI is InChI=1S/C15H15ClO/c1-11(12-7-3-2-4-8-12)15(17)13-9-5-6-10-14(13)16/h2-11,15,17H,1H3/t11-,15+/m0/s1. The molecule has 0 aliphatic rings. The van der Waals surface area contributed by atoms with Crippen molar-refractivity contribution in [1.82, 2.24) is 0 Å². The van der Waals surface area contributed by atoms with Crippen molar-refractivity contribution >= 4 is 11.6 Å². The Morgan fingerprint density at radius 1 is 0.941 bits per heavy atom. The molecule has 0 aliphatic carbocycles. The van der Waals surface area contributed by atoms with Gasteiger partial charge >= 0.3 is 0 Å². The molecule has 17 heavy (non-hydrogen) atoms. The predicted molar refractivity (Wildman–Crippen MR) is 71.3 cm³/mol. The van der Waals surface area contributed by atoms with Gasteiger partial charge in [-0.05, 0) is 17.2 Å². The predicted octanol–water partition coefficient (Wildman–Crippen LogP) is 4.18. The molecule has 0 radical (unpaired) electrons. The third-order valence-corrected chi connectivity index (χ3v) is 3.37. The lowest BCUT2D eigenvalue weighted by atomic mass is 9.91. The number of aliphatic hydroxyl groups is 1. The fourth-order valence-electron chi connectivity index (χ4n) is 1.92. The maximum Gasteiger partial charge on any atom is 0.0870 e. The first-order valence-electron chi connectivity index (χ1n) is 5.67. The van der Waals surface area contributed by atoms with Gasteiger partial charge in [-0.25, -0.2) is 0 Å². The molecule has 2 atom stereocenters. The van der Waals surface area contributed by atoms with E-state index < -0.39 is 6.10 Å². The smallest absolute Gasteiger partial charge is 0.0870 e. The summed E-state index contributed by atoms with van der Waals surface area (Å²) in [6, 6.07) is 17.4. The zero-order valence-corrected chi connectivity index (χ0v) is 10.4. The van der Waals surface area contributed by atoms with Crippen LogP contribution in [0.25, 0.3) is 0 Å². The van der Waals surface area contributed by atoms with Gasteiger partial charge in [0, 0.05) is 10.9 Å². The largest absolute Gasteiger partial charge is 0.388 e. The molecular weight excluding hydrogens is 232 g/mol. The first kappa shape index (κ1) is 12.2. The number of benzene rings is 2. The Morgan fingerprint density at radius 2 is 1.53 bits per heavy atom. The molecule has 0 heterocycles. The van der Waals surface area contributed by atoms with E-state index in [-0.39, 0.29) is 5.92 Å². The first-order valence-corrected chi connectivity index (χ1v) is 6.05. The molecular formula is C15H15ClO. The lowest BCUT2D eigenvalue weighted by Gasteiger charge is -2.20. The van der Waals surface area contributed by atoms with Crippen LogP contribution >= 0.6 is 11.6 Å². The molecule has 2 aromatic rings. The van der Waals surface area contributed by atoms with E-state index in [0.717, 1.165) is 11.1 Å². The molecule has 2 aromatic carbocycles. The Balaban J connectivity index is 2.27. The Morgan fingerprint density at radius 3 is 2.18 bits per heavy atom. The number of hydrogen-bond acceptors (Lipinski definition) is 1. The highest BCUT2D eigenvalue weighted by atomic mass is 35.5.